The van der Waals surface area contributed by atoms with Gasteiger partial charge < -0.3 is 10.1 Å². The molecule has 2 aromatic carbocycles. The monoisotopic (exact) mass is 362 g/mol. The van der Waals surface area contributed by atoms with Gasteiger partial charge in [-0.1, -0.05) is 29.8 Å². The molecule has 7 heteroatoms. The van der Waals surface area contributed by atoms with Gasteiger partial charge in [-0.2, -0.15) is 0 Å². The number of amides is 1. The van der Waals surface area contributed by atoms with Crippen LogP contribution >= 0.6 is 11.6 Å². The van der Waals surface area contributed by atoms with Crippen molar-refractivity contribution in [1.82, 2.24) is 5.32 Å². The van der Waals surface area contributed by atoms with Crippen LogP contribution in [-0.2, 0) is 6.42 Å². The number of halogens is 1. The second kappa shape index (κ2) is 7.53. The van der Waals surface area contributed by atoms with E-state index < -0.39 is 16.4 Å². The number of para-hydroxylation sites is 1. The van der Waals surface area contributed by atoms with Crippen LogP contribution in [0.4, 0.5) is 5.69 Å². The van der Waals surface area contributed by atoms with Gasteiger partial charge in [0.15, 0.2) is 0 Å². The molecule has 1 N–H and O–H groups in total. The summed E-state index contributed by atoms with van der Waals surface area (Å²) in [6, 6.07) is 11.5. The number of nitro benzene ring substituents is 1. The third-order valence-electron chi connectivity index (χ3n) is 3.68. The minimum atomic E-state index is -0.640. The number of hydrogen-bond donors (Lipinski definition) is 1. The molecule has 2 aromatic rings. The highest BCUT2D eigenvalue weighted by atomic mass is 35.5. The minimum Gasteiger partial charge on any atom is -0.496 e. The van der Waals surface area contributed by atoms with Crippen molar-refractivity contribution >= 4 is 23.2 Å². The van der Waals surface area contributed by atoms with E-state index in [4.69, 9.17) is 16.3 Å². The van der Waals surface area contributed by atoms with Gasteiger partial charge in [-0.15, -0.1) is 0 Å². The Balaban J connectivity index is 2.23. The Morgan fingerprint density at radius 3 is 2.60 bits per heavy atom. The summed E-state index contributed by atoms with van der Waals surface area (Å²) < 4.78 is 5.33. The quantitative estimate of drug-likeness (QED) is 0.621. The van der Waals surface area contributed by atoms with Crippen molar-refractivity contribution in [2.75, 3.05) is 7.11 Å². The van der Waals surface area contributed by atoms with Crippen molar-refractivity contribution in [1.29, 1.82) is 0 Å². The average molecular weight is 363 g/mol. The first-order valence-electron chi connectivity index (χ1n) is 7.62. The first-order chi connectivity index (χ1) is 11.7. The highest BCUT2D eigenvalue weighted by Crippen LogP contribution is 2.26. The molecular weight excluding hydrogens is 344 g/mol. The Labute approximate surface area is 150 Å². The van der Waals surface area contributed by atoms with Gasteiger partial charge in [0.2, 0.25) is 0 Å². The summed E-state index contributed by atoms with van der Waals surface area (Å²) in [6.07, 6.45) is 0.504. The molecule has 0 saturated heterocycles. The van der Waals surface area contributed by atoms with Gasteiger partial charge in [0.05, 0.1) is 12.0 Å². The Morgan fingerprint density at radius 2 is 1.96 bits per heavy atom. The van der Waals surface area contributed by atoms with Crippen LogP contribution in [0.15, 0.2) is 42.5 Å². The molecule has 0 radical (unpaired) electrons. The normalized spacial score (nSPS) is 11.0. The van der Waals surface area contributed by atoms with Gasteiger partial charge in [0.25, 0.3) is 11.6 Å². The molecule has 25 heavy (non-hydrogen) atoms. The number of hydrogen-bond acceptors (Lipinski definition) is 4. The molecule has 132 valence electrons. The van der Waals surface area contributed by atoms with Crippen LogP contribution in [0.5, 0.6) is 5.75 Å². The first-order valence-corrected chi connectivity index (χ1v) is 7.99. The summed E-state index contributed by atoms with van der Waals surface area (Å²) in [4.78, 5) is 23.1. The summed E-state index contributed by atoms with van der Waals surface area (Å²) in [7, 11) is 1.58. The van der Waals surface area contributed by atoms with Crippen LogP contribution in [-0.4, -0.2) is 23.5 Å². The lowest BCUT2D eigenvalue weighted by molar-refractivity contribution is -0.385. The SMILES string of the molecule is COc1ccccc1CC(C)(C)NC(=O)c1ccc(Cl)cc1[N+](=O)[O-]. The molecule has 0 fully saturated rings. The van der Waals surface area contributed by atoms with Gasteiger partial charge >= 0.3 is 0 Å². The second-order valence-corrected chi connectivity index (χ2v) is 6.68. The Bertz CT molecular complexity index is 805. The number of methoxy groups -OCH3 is 1. The largest absolute Gasteiger partial charge is 0.496 e. The van der Waals surface area contributed by atoms with E-state index in [2.05, 4.69) is 5.32 Å². The molecule has 0 heterocycles. The highest BCUT2D eigenvalue weighted by Gasteiger charge is 2.27. The van der Waals surface area contributed by atoms with Crippen molar-refractivity contribution < 1.29 is 14.5 Å². The van der Waals surface area contributed by atoms with E-state index in [0.29, 0.717) is 6.42 Å². The number of benzene rings is 2. The zero-order valence-electron chi connectivity index (χ0n) is 14.2. The lowest BCUT2D eigenvalue weighted by Gasteiger charge is -2.27. The smallest absolute Gasteiger partial charge is 0.283 e. The number of nitro groups is 1. The second-order valence-electron chi connectivity index (χ2n) is 6.25. The van der Waals surface area contributed by atoms with Gasteiger partial charge in [-0.05, 0) is 44.0 Å². The van der Waals surface area contributed by atoms with E-state index in [-0.39, 0.29) is 16.3 Å². The molecule has 0 aliphatic heterocycles. The highest BCUT2D eigenvalue weighted by molar-refractivity contribution is 6.31. The van der Waals surface area contributed by atoms with E-state index >= 15 is 0 Å². The molecule has 0 aliphatic carbocycles. The maximum Gasteiger partial charge on any atom is 0.283 e. The van der Waals surface area contributed by atoms with Crippen LogP contribution in [0.1, 0.15) is 29.8 Å². The van der Waals surface area contributed by atoms with Gasteiger partial charge in [-0.3, -0.25) is 14.9 Å². The summed E-state index contributed by atoms with van der Waals surface area (Å²) in [5.74, 6) is 0.200. The fraction of sp³-hybridized carbons (Fsp3) is 0.278. The molecule has 6 nitrogen and oxygen atoms in total. The van der Waals surface area contributed by atoms with E-state index in [0.717, 1.165) is 11.3 Å². The average Bonchev–Trinajstić information content (AvgIpc) is 2.54. The van der Waals surface area contributed by atoms with E-state index in [9.17, 15) is 14.9 Å². The van der Waals surface area contributed by atoms with Gasteiger partial charge in [0, 0.05) is 16.6 Å². The van der Waals surface area contributed by atoms with Crippen molar-refractivity contribution in [3.63, 3.8) is 0 Å². The molecule has 2 rings (SSSR count). The molecule has 0 saturated carbocycles. The Morgan fingerprint density at radius 1 is 1.28 bits per heavy atom. The van der Waals surface area contributed by atoms with E-state index in [1.165, 1.54) is 18.2 Å². The number of carbonyl (C=O) groups is 1. The van der Waals surface area contributed by atoms with Crippen molar-refractivity contribution in [3.05, 3.63) is 68.7 Å². The fourth-order valence-corrected chi connectivity index (χ4v) is 2.76. The molecule has 0 unspecified atom stereocenters. The third kappa shape index (κ3) is 4.70. The van der Waals surface area contributed by atoms with E-state index in [1.807, 2.05) is 38.1 Å². The van der Waals surface area contributed by atoms with Crippen molar-refractivity contribution in [3.8, 4) is 5.75 Å². The first kappa shape index (κ1) is 18.7. The van der Waals surface area contributed by atoms with Gasteiger partial charge in [0.1, 0.15) is 11.3 Å². The molecule has 0 aliphatic rings. The maximum absolute atomic E-state index is 12.6. The molecule has 1 amide bonds. The number of ether oxygens (including phenoxy) is 1. The molecule has 0 bridgehead atoms. The van der Waals surface area contributed by atoms with Crippen LogP contribution in [0.2, 0.25) is 5.02 Å². The summed E-state index contributed by atoms with van der Waals surface area (Å²) in [5.41, 5.74) is -0.0549. The van der Waals surface area contributed by atoms with Crippen molar-refractivity contribution in [2.45, 2.75) is 25.8 Å². The lowest BCUT2D eigenvalue weighted by atomic mass is 9.93. The standard InChI is InChI=1S/C18H19ClN2O4/c1-18(2,11-12-6-4-5-7-16(12)25-3)20-17(22)14-9-8-13(19)10-15(14)21(23)24/h4-10H,11H2,1-3H3,(H,20,22). The minimum absolute atomic E-state index is 0.0255. The number of carbonyl (C=O) groups excluding carboxylic acids is 1. The molecule has 0 spiro atoms. The predicted octanol–water partition coefficient (Wildman–Crippen LogP) is 4.01. The number of nitrogens with one attached hydrogen (secondary N) is 1. The Hall–Kier alpha value is -2.60. The van der Waals surface area contributed by atoms with E-state index in [1.54, 1.807) is 7.11 Å². The topological polar surface area (TPSA) is 81.5 Å². The molecule has 0 atom stereocenters. The van der Waals surface area contributed by atoms with Crippen LogP contribution in [0, 0.1) is 10.1 Å². The molecular formula is C18H19ClN2O4. The lowest BCUT2D eigenvalue weighted by Crippen LogP contribution is -2.45. The van der Waals surface area contributed by atoms with Gasteiger partial charge in [-0.25, -0.2) is 0 Å². The van der Waals surface area contributed by atoms with Crippen LogP contribution in [0.3, 0.4) is 0 Å². The molecule has 0 aromatic heterocycles. The summed E-state index contributed by atoms with van der Waals surface area (Å²) >= 11 is 5.79. The summed E-state index contributed by atoms with van der Waals surface area (Å²) in [6.45, 7) is 3.69. The Kier molecular flexibility index (Phi) is 5.64. The van der Waals surface area contributed by atoms with Crippen LogP contribution < -0.4 is 10.1 Å². The number of rotatable bonds is 6. The predicted molar refractivity (Wildman–Crippen MR) is 96.3 cm³/mol. The summed E-state index contributed by atoms with van der Waals surface area (Å²) in [5, 5.41) is 14.2. The van der Waals surface area contributed by atoms with Crippen LogP contribution in [0.25, 0.3) is 0 Å². The zero-order chi connectivity index (χ0) is 18.6. The zero-order valence-corrected chi connectivity index (χ0v) is 15.0. The maximum atomic E-state index is 12.6. The van der Waals surface area contributed by atoms with Crippen molar-refractivity contribution in [2.24, 2.45) is 0 Å². The third-order valence-corrected chi connectivity index (χ3v) is 3.91. The number of nitrogens with zero attached hydrogens (tertiary/aromatic N) is 1. The fourth-order valence-electron chi connectivity index (χ4n) is 2.59.